The minimum atomic E-state index is -3.88. The molecule has 0 aromatic heterocycles. The number of nitrogens with zero attached hydrogens (tertiary/aromatic N) is 1. The number of sulfonamides is 1. The molecule has 1 saturated heterocycles. The molecular formula is C23H23N3O6S3. The number of methoxy groups -OCH3 is 1. The summed E-state index contributed by atoms with van der Waals surface area (Å²) in [5.41, 5.74) is 4.21. The Labute approximate surface area is 212 Å². The monoisotopic (exact) mass is 533 g/mol. The summed E-state index contributed by atoms with van der Waals surface area (Å²) < 4.78 is 29.5. The van der Waals surface area contributed by atoms with E-state index in [1.807, 2.05) is 6.92 Å². The van der Waals surface area contributed by atoms with Crippen molar-refractivity contribution in [1.82, 2.24) is 15.2 Å². The van der Waals surface area contributed by atoms with Crippen molar-refractivity contribution < 1.29 is 27.5 Å². The molecule has 0 saturated carbocycles. The third-order valence-corrected chi connectivity index (χ3v) is 7.59. The van der Waals surface area contributed by atoms with E-state index < -0.39 is 21.9 Å². The van der Waals surface area contributed by atoms with Gasteiger partial charge in [0.15, 0.2) is 0 Å². The molecule has 1 heterocycles. The van der Waals surface area contributed by atoms with Gasteiger partial charge in [0.2, 0.25) is 5.91 Å². The molecule has 0 spiro atoms. The fourth-order valence-electron chi connectivity index (χ4n) is 3.04. The second kappa shape index (κ2) is 11.6. The highest BCUT2D eigenvalue weighted by Crippen LogP contribution is 2.32. The Morgan fingerprint density at radius 3 is 2.40 bits per heavy atom. The van der Waals surface area contributed by atoms with E-state index in [0.29, 0.717) is 14.8 Å². The predicted molar refractivity (Wildman–Crippen MR) is 137 cm³/mol. The number of esters is 1. The molecule has 2 N–H and O–H groups in total. The summed E-state index contributed by atoms with van der Waals surface area (Å²) in [6, 6.07) is 12.8. The minimum absolute atomic E-state index is 0.0124. The Bertz CT molecular complexity index is 1270. The van der Waals surface area contributed by atoms with Crippen molar-refractivity contribution in [2.24, 2.45) is 0 Å². The van der Waals surface area contributed by atoms with Gasteiger partial charge in [-0.15, -0.1) is 4.83 Å². The van der Waals surface area contributed by atoms with E-state index in [0.717, 1.165) is 22.9 Å². The van der Waals surface area contributed by atoms with Crippen LogP contribution in [0.2, 0.25) is 0 Å². The van der Waals surface area contributed by atoms with Crippen molar-refractivity contribution in [3.05, 3.63) is 70.1 Å². The number of hydrogen-bond acceptors (Lipinski definition) is 8. The lowest BCUT2D eigenvalue weighted by Gasteiger charge is -2.14. The number of aryl methyl sites for hydroxylation is 1. The number of nitrogens with one attached hydrogen (secondary N) is 2. The van der Waals surface area contributed by atoms with E-state index in [4.69, 9.17) is 12.2 Å². The number of carbonyl (C=O) groups is 3. The average molecular weight is 534 g/mol. The Morgan fingerprint density at radius 1 is 1.11 bits per heavy atom. The Kier molecular flexibility index (Phi) is 8.78. The van der Waals surface area contributed by atoms with E-state index in [9.17, 15) is 22.8 Å². The van der Waals surface area contributed by atoms with Crippen molar-refractivity contribution in [3.8, 4) is 0 Å². The van der Waals surface area contributed by atoms with Crippen molar-refractivity contribution in [1.29, 1.82) is 0 Å². The molecule has 3 rings (SSSR count). The van der Waals surface area contributed by atoms with Crippen molar-refractivity contribution >= 4 is 62.2 Å². The molecule has 0 unspecified atom stereocenters. The van der Waals surface area contributed by atoms with Gasteiger partial charge in [-0.3, -0.25) is 19.9 Å². The molecule has 0 aliphatic carbocycles. The quantitative estimate of drug-likeness (QED) is 0.218. The lowest BCUT2D eigenvalue weighted by molar-refractivity contribution is -0.124. The zero-order valence-corrected chi connectivity index (χ0v) is 21.4. The summed E-state index contributed by atoms with van der Waals surface area (Å²) >= 11 is 6.45. The Morgan fingerprint density at radius 2 is 1.77 bits per heavy atom. The number of rotatable bonds is 9. The third kappa shape index (κ3) is 6.98. The van der Waals surface area contributed by atoms with Crippen LogP contribution in [0.4, 0.5) is 0 Å². The highest BCUT2D eigenvalue weighted by atomic mass is 32.2. The summed E-state index contributed by atoms with van der Waals surface area (Å²) in [5.74, 6) is -1.26. The van der Waals surface area contributed by atoms with Crippen LogP contribution in [0.5, 0.6) is 0 Å². The fraction of sp³-hybridized carbons (Fsp3) is 0.217. The number of hydrogen-bond donors (Lipinski definition) is 2. The van der Waals surface area contributed by atoms with Gasteiger partial charge in [0, 0.05) is 13.0 Å². The first-order valence-electron chi connectivity index (χ1n) is 10.4. The van der Waals surface area contributed by atoms with Gasteiger partial charge in [0.25, 0.3) is 15.9 Å². The van der Waals surface area contributed by atoms with E-state index in [2.05, 4.69) is 15.0 Å². The van der Waals surface area contributed by atoms with Crippen molar-refractivity contribution in [2.75, 3.05) is 13.7 Å². The van der Waals surface area contributed by atoms with E-state index in [1.165, 1.54) is 24.1 Å². The first kappa shape index (κ1) is 26.5. The van der Waals surface area contributed by atoms with E-state index in [1.54, 1.807) is 42.5 Å². The molecule has 2 aromatic carbocycles. The second-order valence-electron chi connectivity index (χ2n) is 7.52. The number of benzene rings is 2. The molecule has 1 fully saturated rings. The number of amides is 2. The van der Waals surface area contributed by atoms with E-state index >= 15 is 0 Å². The van der Waals surface area contributed by atoms with Crippen LogP contribution in [0.15, 0.2) is 58.3 Å². The van der Waals surface area contributed by atoms with Crippen LogP contribution in [-0.4, -0.2) is 49.1 Å². The molecule has 1 aliphatic heterocycles. The zero-order valence-electron chi connectivity index (χ0n) is 18.9. The molecule has 1 aliphatic rings. The molecule has 12 heteroatoms. The van der Waals surface area contributed by atoms with Gasteiger partial charge in [-0.2, -0.15) is 0 Å². The first-order valence-corrected chi connectivity index (χ1v) is 13.1. The Hall–Kier alpha value is -3.06. The third-order valence-electron chi connectivity index (χ3n) is 4.94. The smallest absolute Gasteiger partial charge is 0.337 e. The maximum absolute atomic E-state index is 12.7. The molecule has 2 amide bonds. The number of carbonyl (C=O) groups excluding carboxylic acids is 3. The molecular weight excluding hydrogens is 510 g/mol. The van der Waals surface area contributed by atoms with Gasteiger partial charge in [-0.25, -0.2) is 13.2 Å². The Balaban J connectivity index is 1.50. The topological polar surface area (TPSA) is 122 Å². The molecule has 9 nitrogen and oxygen atoms in total. The lowest BCUT2D eigenvalue weighted by atomic mass is 10.1. The molecule has 2 aromatic rings. The van der Waals surface area contributed by atoms with Crippen LogP contribution in [-0.2, 0) is 24.3 Å². The summed E-state index contributed by atoms with van der Waals surface area (Å²) in [4.78, 5) is 40.3. The second-order valence-corrected chi connectivity index (χ2v) is 10.9. The minimum Gasteiger partial charge on any atom is -0.465 e. The fourth-order valence-corrected chi connectivity index (χ4v) is 5.21. The van der Waals surface area contributed by atoms with Crippen LogP contribution in [0, 0.1) is 6.92 Å². The van der Waals surface area contributed by atoms with Gasteiger partial charge in [-0.05, 0) is 49.2 Å². The molecule has 0 bridgehead atoms. The van der Waals surface area contributed by atoms with Crippen LogP contribution in [0.3, 0.4) is 0 Å². The van der Waals surface area contributed by atoms with Crippen molar-refractivity contribution in [2.45, 2.75) is 24.7 Å². The van der Waals surface area contributed by atoms with Crippen LogP contribution < -0.4 is 10.3 Å². The van der Waals surface area contributed by atoms with Crippen LogP contribution in [0.1, 0.15) is 34.3 Å². The normalized spacial score (nSPS) is 14.9. The SMILES string of the molecule is COC(=O)c1ccc(C=C2SC(=S)N(CCCC(=O)NNS(=O)(=O)c3ccc(C)cc3)C2=O)cc1. The first-order chi connectivity index (χ1) is 16.6. The van der Waals surface area contributed by atoms with Crippen LogP contribution in [0.25, 0.3) is 6.08 Å². The average Bonchev–Trinajstić information content (AvgIpc) is 3.10. The van der Waals surface area contributed by atoms with Crippen LogP contribution >= 0.6 is 24.0 Å². The maximum Gasteiger partial charge on any atom is 0.337 e. The largest absolute Gasteiger partial charge is 0.465 e. The lowest BCUT2D eigenvalue weighted by Crippen LogP contribution is -2.41. The van der Waals surface area contributed by atoms with E-state index in [-0.39, 0.29) is 30.2 Å². The summed E-state index contributed by atoms with van der Waals surface area (Å²) in [6.45, 7) is 2.05. The zero-order chi connectivity index (χ0) is 25.6. The highest BCUT2D eigenvalue weighted by molar-refractivity contribution is 8.26. The highest BCUT2D eigenvalue weighted by Gasteiger charge is 2.31. The summed E-state index contributed by atoms with van der Waals surface area (Å²) in [7, 11) is -2.58. The standard InChI is InChI=1S/C23H23N3O6S3/c1-15-5-11-18(12-6-15)35(30,31)25-24-20(27)4-3-13-26-21(28)19(34-23(26)33)14-16-7-9-17(10-8-16)22(29)32-2/h5-12,14,25H,3-4,13H2,1-2H3,(H,24,27). The van der Waals surface area contributed by atoms with Gasteiger partial charge >= 0.3 is 5.97 Å². The molecule has 0 radical (unpaired) electrons. The van der Waals surface area contributed by atoms with Crippen molar-refractivity contribution in [3.63, 3.8) is 0 Å². The van der Waals surface area contributed by atoms with Gasteiger partial charge < -0.3 is 4.74 Å². The number of ether oxygens (including phenoxy) is 1. The summed E-state index contributed by atoms with van der Waals surface area (Å²) in [6.07, 6.45) is 1.94. The number of thiocarbonyl (C=S) groups is 1. The molecule has 35 heavy (non-hydrogen) atoms. The summed E-state index contributed by atoms with van der Waals surface area (Å²) in [5, 5.41) is 0. The van der Waals surface area contributed by atoms with Gasteiger partial charge in [0.1, 0.15) is 4.32 Å². The maximum atomic E-state index is 12.7. The number of thioether (sulfide) groups is 1. The predicted octanol–water partition coefficient (Wildman–Crippen LogP) is 2.77. The van der Waals surface area contributed by atoms with Gasteiger partial charge in [-0.1, -0.05) is 53.8 Å². The molecule has 0 atom stereocenters. The molecule has 184 valence electrons. The number of hydrazine groups is 1. The van der Waals surface area contributed by atoms with Gasteiger partial charge in [0.05, 0.1) is 22.5 Å².